The van der Waals surface area contributed by atoms with Crippen LogP contribution in [0, 0.1) is 58.8 Å². The molecule has 4 atom stereocenters. The molecule has 4 unspecified atom stereocenters. The van der Waals surface area contributed by atoms with Crippen molar-refractivity contribution < 1.29 is 22.3 Å². The highest BCUT2D eigenvalue weighted by Crippen LogP contribution is 2.49. The zero-order chi connectivity index (χ0) is 29.6. The van der Waals surface area contributed by atoms with Crippen LogP contribution in [0.4, 0.5) is 17.6 Å². The maximum Gasteiger partial charge on any atom is 0.201 e. The Labute approximate surface area is 250 Å². The lowest BCUT2D eigenvalue weighted by molar-refractivity contribution is 0.0478. The third-order valence-corrected chi connectivity index (χ3v) is 10.8. The van der Waals surface area contributed by atoms with Gasteiger partial charge in [-0.15, -0.1) is 0 Å². The standard InChI is InChI=1S/C37H48F4O/c1-3-5-6-8-27-17-18-31(35(39)34(27)38)32-19-20-33(37(41)36(32)40)42-23-25-11-14-30-22-29(16-15-28(30)21-25)26-12-9-24(7-4-2)10-13-26/h3,5,17-20,24-26,28-30H,4,6-16,21-23H2,1-2H3. The number of hydrogen-bond acceptors (Lipinski definition) is 1. The average Bonchev–Trinajstić information content (AvgIpc) is 3.01. The van der Waals surface area contributed by atoms with Crippen molar-refractivity contribution in [1.82, 2.24) is 0 Å². The molecule has 0 spiro atoms. The Morgan fingerprint density at radius 2 is 1.29 bits per heavy atom. The van der Waals surface area contributed by atoms with Gasteiger partial charge in [0.15, 0.2) is 23.2 Å². The summed E-state index contributed by atoms with van der Waals surface area (Å²) in [5.74, 6) is -0.0733. The molecule has 1 nitrogen and oxygen atoms in total. The minimum absolute atomic E-state index is 0.162. The van der Waals surface area contributed by atoms with Crippen molar-refractivity contribution in [3.05, 3.63) is 65.2 Å². The molecule has 42 heavy (non-hydrogen) atoms. The fourth-order valence-corrected chi connectivity index (χ4v) is 8.41. The van der Waals surface area contributed by atoms with Gasteiger partial charge in [-0.25, -0.2) is 13.2 Å². The lowest BCUT2D eigenvalue weighted by atomic mass is 9.61. The highest BCUT2D eigenvalue weighted by Gasteiger charge is 2.39. The molecule has 0 aliphatic heterocycles. The molecule has 2 aromatic carbocycles. The summed E-state index contributed by atoms with van der Waals surface area (Å²) in [6.45, 7) is 4.52. The van der Waals surface area contributed by atoms with Crippen LogP contribution in [0.25, 0.3) is 11.1 Å². The van der Waals surface area contributed by atoms with Crippen molar-refractivity contribution in [3.8, 4) is 16.9 Å². The van der Waals surface area contributed by atoms with E-state index in [1.54, 1.807) is 0 Å². The van der Waals surface area contributed by atoms with E-state index in [1.807, 2.05) is 19.1 Å². The molecule has 0 heterocycles. The molecule has 0 aromatic heterocycles. The molecule has 3 aliphatic rings. The predicted octanol–water partition coefficient (Wildman–Crippen LogP) is 11.2. The maximum atomic E-state index is 15.1. The Balaban J connectivity index is 1.14. The third-order valence-electron chi connectivity index (χ3n) is 10.8. The van der Waals surface area contributed by atoms with Crippen LogP contribution >= 0.6 is 0 Å². The first-order valence-electron chi connectivity index (χ1n) is 16.6. The summed E-state index contributed by atoms with van der Waals surface area (Å²) in [4.78, 5) is 0. The van der Waals surface area contributed by atoms with Crippen molar-refractivity contribution in [1.29, 1.82) is 0 Å². The normalized spacial score (nSPS) is 28.1. The number of hydrogen-bond donors (Lipinski definition) is 0. The predicted molar refractivity (Wildman–Crippen MR) is 162 cm³/mol. The monoisotopic (exact) mass is 584 g/mol. The highest BCUT2D eigenvalue weighted by atomic mass is 19.2. The molecule has 0 saturated heterocycles. The van der Waals surface area contributed by atoms with Gasteiger partial charge in [0.1, 0.15) is 0 Å². The van der Waals surface area contributed by atoms with Crippen molar-refractivity contribution >= 4 is 0 Å². The van der Waals surface area contributed by atoms with Crippen LogP contribution in [0.3, 0.4) is 0 Å². The van der Waals surface area contributed by atoms with Gasteiger partial charge in [-0.3, -0.25) is 0 Å². The topological polar surface area (TPSA) is 9.23 Å². The molecular formula is C37H48F4O. The number of halogens is 4. The van der Waals surface area contributed by atoms with Crippen LogP contribution in [0.1, 0.15) is 103 Å². The van der Waals surface area contributed by atoms with Crippen molar-refractivity contribution in [2.75, 3.05) is 6.61 Å². The highest BCUT2D eigenvalue weighted by molar-refractivity contribution is 5.66. The summed E-state index contributed by atoms with van der Waals surface area (Å²) in [6.07, 6.45) is 20.4. The second kappa shape index (κ2) is 14.4. The zero-order valence-corrected chi connectivity index (χ0v) is 25.5. The summed E-state index contributed by atoms with van der Waals surface area (Å²) in [5, 5.41) is 0. The average molecular weight is 585 g/mol. The van der Waals surface area contributed by atoms with Gasteiger partial charge in [0.2, 0.25) is 5.82 Å². The number of rotatable bonds is 10. The van der Waals surface area contributed by atoms with Crippen LogP contribution in [-0.4, -0.2) is 6.61 Å². The Hall–Kier alpha value is -2.30. The van der Waals surface area contributed by atoms with E-state index in [0.717, 1.165) is 36.5 Å². The smallest absolute Gasteiger partial charge is 0.201 e. The second-order valence-electron chi connectivity index (χ2n) is 13.4. The van der Waals surface area contributed by atoms with E-state index in [1.165, 1.54) is 88.5 Å². The van der Waals surface area contributed by atoms with Crippen LogP contribution in [0.2, 0.25) is 0 Å². The van der Waals surface area contributed by atoms with Gasteiger partial charge in [0.05, 0.1) is 6.61 Å². The van der Waals surface area contributed by atoms with Crippen LogP contribution in [0.15, 0.2) is 36.4 Å². The molecule has 3 saturated carbocycles. The first-order valence-corrected chi connectivity index (χ1v) is 16.6. The molecule has 3 aliphatic carbocycles. The Morgan fingerprint density at radius 1 is 0.690 bits per heavy atom. The molecule has 0 radical (unpaired) electrons. The van der Waals surface area contributed by atoms with E-state index >= 15 is 8.78 Å². The summed E-state index contributed by atoms with van der Waals surface area (Å²) >= 11 is 0. The fourth-order valence-electron chi connectivity index (χ4n) is 8.41. The Kier molecular flexibility index (Phi) is 10.7. The largest absolute Gasteiger partial charge is 0.490 e. The van der Waals surface area contributed by atoms with Gasteiger partial charge >= 0.3 is 0 Å². The van der Waals surface area contributed by atoms with E-state index in [0.29, 0.717) is 31.3 Å². The molecule has 5 heteroatoms. The molecule has 2 aromatic rings. The minimum Gasteiger partial charge on any atom is -0.490 e. The van der Waals surface area contributed by atoms with Crippen LogP contribution < -0.4 is 4.74 Å². The lowest BCUT2D eigenvalue weighted by Crippen LogP contribution is -2.35. The number of allylic oxidation sites excluding steroid dienone is 2. The van der Waals surface area contributed by atoms with Crippen molar-refractivity contribution in [2.45, 2.75) is 104 Å². The van der Waals surface area contributed by atoms with E-state index < -0.39 is 23.3 Å². The summed E-state index contributed by atoms with van der Waals surface area (Å²) in [6, 6.07) is 5.41. The van der Waals surface area contributed by atoms with Gasteiger partial charge in [0.25, 0.3) is 0 Å². The van der Waals surface area contributed by atoms with Gasteiger partial charge in [0, 0.05) is 11.1 Å². The molecule has 0 N–H and O–H groups in total. The number of fused-ring (bicyclic) bond motifs is 1. The van der Waals surface area contributed by atoms with Gasteiger partial charge in [-0.05, 0) is 124 Å². The Morgan fingerprint density at radius 3 is 2.00 bits per heavy atom. The third kappa shape index (κ3) is 7.08. The van der Waals surface area contributed by atoms with E-state index in [9.17, 15) is 8.78 Å². The van der Waals surface area contributed by atoms with Crippen LogP contribution in [-0.2, 0) is 6.42 Å². The van der Waals surface area contributed by atoms with Crippen molar-refractivity contribution in [3.63, 3.8) is 0 Å². The molecule has 0 bridgehead atoms. The lowest BCUT2D eigenvalue weighted by Gasteiger charge is -2.45. The maximum absolute atomic E-state index is 15.1. The zero-order valence-electron chi connectivity index (χ0n) is 25.5. The first kappa shape index (κ1) is 31.1. The van der Waals surface area contributed by atoms with E-state index in [2.05, 4.69) is 6.92 Å². The van der Waals surface area contributed by atoms with Crippen LogP contribution in [0.5, 0.6) is 5.75 Å². The summed E-state index contributed by atoms with van der Waals surface area (Å²) in [5.41, 5.74) is -0.367. The minimum atomic E-state index is -1.21. The van der Waals surface area contributed by atoms with E-state index in [4.69, 9.17) is 4.74 Å². The first-order chi connectivity index (χ1) is 20.4. The molecular weight excluding hydrogens is 536 g/mol. The Bertz CT molecular complexity index is 1210. The van der Waals surface area contributed by atoms with Gasteiger partial charge in [-0.1, -0.05) is 56.9 Å². The summed E-state index contributed by atoms with van der Waals surface area (Å²) in [7, 11) is 0. The quantitative estimate of drug-likeness (QED) is 0.199. The van der Waals surface area contributed by atoms with Crippen molar-refractivity contribution in [2.24, 2.45) is 35.5 Å². The second-order valence-corrected chi connectivity index (χ2v) is 13.4. The van der Waals surface area contributed by atoms with Gasteiger partial charge < -0.3 is 4.74 Å². The fraction of sp³-hybridized carbons (Fsp3) is 0.622. The number of ether oxygens (including phenoxy) is 1. The number of benzene rings is 2. The number of aryl methyl sites for hydroxylation is 1. The van der Waals surface area contributed by atoms with Gasteiger partial charge in [-0.2, -0.15) is 4.39 Å². The molecule has 5 rings (SSSR count). The SMILES string of the molecule is CC=CCCc1ccc(-c2ccc(OCC3CCC4CC(C5CCC(CCC)CC5)CCC4C3)c(F)c2F)c(F)c1F. The van der Waals surface area contributed by atoms with E-state index in [-0.39, 0.29) is 22.4 Å². The molecule has 3 fully saturated rings. The molecule has 230 valence electrons. The molecule has 0 amide bonds. The summed E-state index contributed by atoms with van der Waals surface area (Å²) < 4.78 is 65.5.